The lowest BCUT2D eigenvalue weighted by Crippen LogP contribution is -2.61. The molecule has 5 atom stereocenters. The highest BCUT2D eigenvalue weighted by atomic mass is 32.2. The standard InChI is InChI=1S/C24H24O12S/c1-10(25)32-9-16-20(33-11(2)26)21(34-12(3)27)22(35-13(4)28)24(36-16)37-23-18(30)15-8-6-5-7-14(15)17(29)19(23)31/h5-8,16,20-22,24,30H,9H2,1-4H3/t16-,20-,21+,22-,24+/m1/s1. The number of rotatable bonds is 7. The second-order valence-corrected chi connectivity index (χ2v) is 9.18. The number of aliphatic hydroxyl groups excluding tert-OH is 1. The molecule has 2 aliphatic rings. The molecule has 1 aliphatic heterocycles. The molecule has 1 heterocycles. The van der Waals surface area contributed by atoms with Crippen LogP contribution in [-0.4, -0.2) is 77.0 Å². The van der Waals surface area contributed by atoms with Crippen molar-refractivity contribution in [3.05, 3.63) is 40.3 Å². The number of thioether (sulfide) groups is 1. The lowest BCUT2D eigenvalue weighted by Gasteiger charge is -2.44. The Labute approximate surface area is 215 Å². The van der Waals surface area contributed by atoms with Crippen LogP contribution in [0.1, 0.15) is 43.6 Å². The van der Waals surface area contributed by atoms with Gasteiger partial charge in [-0.3, -0.25) is 28.8 Å². The summed E-state index contributed by atoms with van der Waals surface area (Å²) >= 11 is 0.552. The second-order valence-electron chi connectivity index (χ2n) is 8.07. The Balaban J connectivity index is 2.08. The fraction of sp³-hybridized carbons (Fsp3) is 0.417. The minimum absolute atomic E-state index is 0.0101. The van der Waals surface area contributed by atoms with Crippen molar-refractivity contribution in [1.82, 2.24) is 0 Å². The van der Waals surface area contributed by atoms with Gasteiger partial charge in [-0.1, -0.05) is 36.0 Å². The van der Waals surface area contributed by atoms with Crippen LogP contribution in [0.4, 0.5) is 0 Å². The molecule has 0 aromatic heterocycles. The van der Waals surface area contributed by atoms with Gasteiger partial charge in [-0.2, -0.15) is 0 Å². The Bertz CT molecular complexity index is 1170. The molecule has 1 fully saturated rings. The molecule has 1 aliphatic carbocycles. The molecule has 1 saturated heterocycles. The summed E-state index contributed by atoms with van der Waals surface area (Å²) in [6, 6.07) is 5.94. The first-order valence-corrected chi connectivity index (χ1v) is 11.9. The number of fused-ring (bicyclic) bond motifs is 1. The first kappa shape index (κ1) is 27.9. The van der Waals surface area contributed by atoms with E-state index >= 15 is 0 Å². The van der Waals surface area contributed by atoms with E-state index < -0.39 is 82.6 Å². The van der Waals surface area contributed by atoms with E-state index in [9.17, 15) is 33.9 Å². The molecule has 0 saturated carbocycles. The molecular formula is C24H24O12S. The van der Waals surface area contributed by atoms with Crippen molar-refractivity contribution < 1.29 is 57.6 Å². The van der Waals surface area contributed by atoms with E-state index in [1.165, 1.54) is 18.2 Å². The highest BCUT2D eigenvalue weighted by molar-refractivity contribution is 8.04. The van der Waals surface area contributed by atoms with E-state index in [1.807, 2.05) is 0 Å². The minimum atomic E-state index is -1.47. The van der Waals surface area contributed by atoms with E-state index in [0.717, 1.165) is 27.7 Å². The highest BCUT2D eigenvalue weighted by Crippen LogP contribution is 2.41. The van der Waals surface area contributed by atoms with E-state index in [4.69, 9.17) is 23.7 Å². The van der Waals surface area contributed by atoms with Crippen LogP contribution >= 0.6 is 11.8 Å². The van der Waals surface area contributed by atoms with Crippen LogP contribution in [0.3, 0.4) is 0 Å². The first-order chi connectivity index (χ1) is 17.4. The van der Waals surface area contributed by atoms with Gasteiger partial charge in [-0.15, -0.1) is 0 Å². The number of carbonyl (C=O) groups excluding carboxylic acids is 6. The maximum absolute atomic E-state index is 12.9. The quantitative estimate of drug-likeness (QED) is 0.302. The molecule has 1 N–H and O–H groups in total. The van der Waals surface area contributed by atoms with Gasteiger partial charge < -0.3 is 28.8 Å². The van der Waals surface area contributed by atoms with Gasteiger partial charge in [0, 0.05) is 38.8 Å². The molecule has 198 valence electrons. The number of aliphatic hydroxyl groups is 1. The molecule has 0 spiro atoms. The Kier molecular flexibility index (Phi) is 8.71. The zero-order chi connectivity index (χ0) is 27.4. The second kappa shape index (κ2) is 11.6. The summed E-state index contributed by atoms with van der Waals surface area (Å²) in [6.45, 7) is 3.90. The molecule has 12 nitrogen and oxygen atoms in total. The van der Waals surface area contributed by atoms with Gasteiger partial charge in [0.25, 0.3) is 0 Å². The number of ether oxygens (including phenoxy) is 5. The van der Waals surface area contributed by atoms with Crippen molar-refractivity contribution in [2.24, 2.45) is 0 Å². The first-order valence-electron chi connectivity index (χ1n) is 11.0. The SMILES string of the molecule is CC(=O)OC[C@H]1O[C@@H](SC2=C(O)c3ccccc3C(=O)C2=O)[C@H](OC(C)=O)[C@@H](OC(C)=O)[C@@H]1OC(C)=O. The van der Waals surface area contributed by atoms with Crippen LogP contribution < -0.4 is 0 Å². The van der Waals surface area contributed by atoms with Crippen molar-refractivity contribution in [2.75, 3.05) is 6.61 Å². The van der Waals surface area contributed by atoms with Crippen LogP contribution in [0.5, 0.6) is 0 Å². The van der Waals surface area contributed by atoms with Crippen LogP contribution in [-0.2, 0) is 47.7 Å². The predicted molar refractivity (Wildman–Crippen MR) is 125 cm³/mol. The topological polar surface area (TPSA) is 169 Å². The van der Waals surface area contributed by atoms with Gasteiger partial charge >= 0.3 is 23.9 Å². The van der Waals surface area contributed by atoms with Crippen molar-refractivity contribution in [2.45, 2.75) is 57.5 Å². The van der Waals surface area contributed by atoms with Crippen molar-refractivity contribution in [1.29, 1.82) is 0 Å². The number of ketones is 2. The van der Waals surface area contributed by atoms with Gasteiger partial charge in [0.05, 0.1) is 0 Å². The van der Waals surface area contributed by atoms with Gasteiger partial charge in [-0.05, 0) is 0 Å². The normalized spacial score (nSPS) is 25.1. The number of benzene rings is 1. The van der Waals surface area contributed by atoms with Gasteiger partial charge in [0.2, 0.25) is 11.6 Å². The predicted octanol–water partition coefficient (Wildman–Crippen LogP) is 1.49. The number of Topliss-reactive ketones (excluding diaryl/α,β-unsaturated/α-hetero) is 2. The summed E-state index contributed by atoms with van der Waals surface area (Å²) in [5.41, 5.74) is -1.25. The number of carbonyl (C=O) groups is 6. The molecular weight excluding hydrogens is 512 g/mol. The van der Waals surface area contributed by atoms with Crippen molar-refractivity contribution in [3.63, 3.8) is 0 Å². The molecule has 1 aromatic rings. The van der Waals surface area contributed by atoms with Gasteiger partial charge in [-0.25, -0.2) is 0 Å². The average molecular weight is 537 g/mol. The third kappa shape index (κ3) is 6.35. The van der Waals surface area contributed by atoms with Crippen LogP contribution in [0, 0.1) is 0 Å². The highest BCUT2D eigenvalue weighted by Gasteiger charge is 2.53. The monoisotopic (exact) mass is 536 g/mol. The van der Waals surface area contributed by atoms with Crippen LogP contribution in [0.15, 0.2) is 29.2 Å². The molecule has 0 amide bonds. The van der Waals surface area contributed by atoms with E-state index in [2.05, 4.69) is 0 Å². The summed E-state index contributed by atoms with van der Waals surface area (Å²) < 4.78 is 26.9. The zero-order valence-corrected chi connectivity index (χ0v) is 21.1. The Hall–Kier alpha value is -3.71. The van der Waals surface area contributed by atoms with Crippen LogP contribution in [0.2, 0.25) is 0 Å². The summed E-state index contributed by atoms with van der Waals surface area (Å²) in [4.78, 5) is 72.4. The Morgan fingerprint density at radius 1 is 0.811 bits per heavy atom. The third-order valence-corrected chi connectivity index (χ3v) is 6.46. The van der Waals surface area contributed by atoms with E-state index in [-0.39, 0.29) is 11.1 Å². The fourth-order valence-electron chi connectivity index (χ4n) is 3.85. The number of hydrogen-bond acceptors (Lipinski definition) is 13. The maximum atomic E-state index is 12.9. The summed E-state index contributed by atoms with van der Waals surface area (Å²) in [6.07, 6.45) is -5.55. The van der Waals surface area contributed by atoms with Crippen molar-refractivity contribution >= 4 is 53.0 Å². The molecule has 3 rings (SSSR count). The van der Waals surface area contributed by atoms with Gasteiger partial charge in [0.1, 0.15) is 28.8 Å². The fourth-order valence-corrected chi connectivity index (χ4v) is 5.05. The van der Waals surface area contributed by atoms with Crippen molar-refractivity contribution in [3.8, 4) is 0 Å². The Morgan fingerprint density at radius 2 is 1.35 bits per heavy atom. The molecule has 13 heteroatoms. The lowest BCUT2D eigenvalue weighted by atomic mass is 9.94. The molecule has 0 radical (unpaired) electrons. The summed E-state index contributed by atoms with van der Waals surface area (Å²) in [5, 5.41) is 10.8. The summed E-state index contributed by atoms with van der Waals surface area (Å²) in [5.74, 6) is -5.54. The lowest BCUT2D eigenvalue weighted by molar-refractivity contribution is -0.237. The molecule has 1 aromatic carbocycles. The largest absolute Gasteiger partial charge is 0.506 e. The number of hydrogen-bond donors (Lipinski definition) is 1. The van der Waals surface area contributed by atoms with E-state index in [1.54, 1.807) is 6.07 Å². The van der Waals surface area contributed by atoms with Gasteiger partial charge in [0.15, 0.2) is 18.3 Å². The molecule has 37 heavy (non-hydrogen) atoms. The van der Waals surface area contributed by atoms with Crippen LogP contribution in [0.25, 0.3) is 5.76 Å². The maximum Gasteiger partial charge on any atom is 0.303 e. The number of esters is 4. The zero-order valence-electron chi connectivity index (χ0n) is 20.2. The third-order valence-electron chi connectivity index (χ3n) is 5.24. The Morgan fingerprint density at radius 3 is 1.92 bits per heavy atom. The van der Waals surface area contributed by atoms with E-state index in [0.29, 0.717) is 11.8 Å². The smallest absolute Gasteiger partial charge is 0.303 e. The summed E-state index contributed by atoms with van der Waals surface area (Å²) in [7, 11) is 0. The molecule has 0 bridgehead atoms. The average Bonchev–Trinajstić information content (AvgIpc) is 2.81. The number of allylic oxidation sites excluding steroid dienone is 1. The minimum Gasteiger partial charge on any atom is -0.506 e. The molecule has 0 unspecified atom stereocenters.